The molecule has 3 N–H and O–H groups in total. The highest BCUT2D eigenvalue weighted by molar-refractivity contribution is 5.84. The van der Waals surface area contributed by atoms with Crippen LogP contribution in [0, 0.1) is 34.6 Å². The number of ether oxygens (including phenoxy) is 1. The topological polar surface area (TPSA) is 73.2 Å². The Kier molecular flexibility index (Phi) is 6.12. The van der Waals surface area contributed by atoms with Crippen molar-refractivity contribution in [2.24, 2.45) is 0 Å². The Morgan fingerprint density at radius 1 is 0.588 bits per heavy atom. The number of para-hydroxylation sites is 2. The molecule has 0 fully saturated rings. The zero-order chi connectivity index (χ0) is 24.6. The van der Waals surface area contributed by atoms with E-state index in [4.69, 9.17) is 4.74 Å². The average molecular weight is 456 g/mol. The maximum absolute atomic E-state index is 10.3. The Labute approximate surface area is 200 Å². The van der Waals surface area contributed by atoms with Crippen molar-refractivity contribution in [3.8, 4) is 28.7 Å². The number of hydrogen-bond acceptors (Lipinski definition) is 5. The van der Waals surface area contributed by atoms with Gasteiger partial charge in [0, 0.05) is 17.4 Å². The molecule has 0 amide bonds. The maximum atomic E-state index is 10.3. The quantitative estimate of drug-likeness (QED) is 0.289. The van der Waals surface area contributed by atoms with Gasteiger partial charge in [0.05, 0.1) is 5.69 Å². The fourth-order valence-corrected chi connectivity index (χ4v) is 4.09. The number of hydrogen-bond donors (Lipinski definition) is 3. The first-order valence-electron chi connectivity index (χ1n) is 11.1. The summed E-state index contributed by atoms with van der Waals surface area (Å²) in [7, 11) is 0. The highest BCUT2D eigenvalue weighted by atomic mass is 16.5. The number of nitrogens with zero attached hydrogens (tertiary/aromatic N) is 1. The van der Waals surface area contributed by atoms with Gasteiger partial charge in [-0.1, -0.05) is 12.1 Å². The summed E-state index contributed by atoms with van der Waals surface area (Å²) in [6.45, 7) is 9.53. The van der Waals surface area contributed by atoms with Gasteiger partial charge in [-0.15, -0.1) is 0 Å². The zero-order valence-corrected chi connectivity index (χ0v) is 20.0. The van der Waals surface area contributed by atoms with E-state index < -0.39 is 0 Å². The van der Waals surface area contributed by atoms with Gasteiger partial charge in [0.15, 0.2) is 5.75 Å². The monoisotopic (exact) mass is 455 g/mol. The third-order valence-electron chi connectivity index (χ3n) is 5.88. The number of phenolic OH excluding ortho intramolecular Hbond substituents is 3. The number of aryl methyl sites for hydroxylation is 5. The van der Waals surface area contributed by atoms with Crippen LogP contribution in [0.3, 0.4) is 0 Å². The highest BCUT2D eigenvalue weighted by Crippen LogP contribution is 2.46. The van der Waals surface area contributed by atoms with E-state index in [2.05, 4.69) is 4.90 Å². The minimum Gasteiger partial charge on any atom is -0.508 e. The number of benzene rings is 4. The van der Waals surface area contributed by atoms with Crippen molar-refractivity contribution in [1.82, 2.24) is 0 Å². The Balaban J connectivity index is 1.96. The fourth-order valence-electron chi connectivity index (χ4n) is 4.09. The minimum atomic E-state index is 0.138. The Bertz CT molecular complexity index is 1300. The van der Waals surface area contributed by atoms with Crippen LogP contribution in [0.1, 0.15) is 27.8 Å². The molecule has 4 aromatic rings. The molecule has 0 aliphatic carbocycles. The molecule has 0 unspecified atom stereocenters. The van der Waals surface area contributed by atoms with Gasteiger partial charge in [0.1, 0.15) is 23.0 Å². The van der Waals surface area contributed by atoms with Crippen molar-refractivity contribution >= 4 is 17.1 Å². The van der Waals surface area contributed by atoms with Crippen molar-refractivity contribution in [3.63, 3.8) is 0 Å². The van der Waals surface area contributed by atoms with Gasteiger partial charge in [-0.05, 0) is 111 Å². The number of anilines is 3. The molecule has 0 aliphatic rings. The highest BCUT2D eigenvalue weighted by Gasteiger charge is 2.22. The van der Waals surface area contributed by atoms with Crippen molar-refractivity contribution in [3.05, 3.63) is 94.5 Å². The molecule has 0 aliphatic heterocycles. The van der Waals surface area contributed by atoms with E-state index in [1.54, 1.807) is 24.3 Å². The summed E-state index contributed by atoms with van der Waals surface area (Å²) in [6.07, 6.45) is 0. The van der Waals surface area contributed by atoms with Crippen LogP contribution in [0.4, 0.5) is 17.1 Å². The second-order valence-electron chi connectivity index (χ2n) is 8.76. The van der Waals surface area contributed by atoms with Crippen molar-refractivity contribution in [2.75, 3.05) is 4.90 Å². The number of aromatic hydroxyl groups is 3. The molecule has 0 heterocycles. The Morgan fingerprint density at radius 3 is 1.71 bits per heavy atom. The van der Waals surface area contributed by atoms with E-state index in [1.807, 2.05) is 77.1 Å². The first-order valence-corrected chi connectivity index (χ1v) is 11.1. The van der Waals surface area contributed by atoms with Gasteiger partial charge in [-0.3, -0.25) is 0 Å². The second kappa shape index (κ2) is 9.02. The maximum Gasteiger partial charge on any atom is 0.151 e. The molecule has 0 atom stereocenters. The Morgan fingerprint density at radius 2 is 1.15 bits per heavy atom. The largest absolute Gasteiger partial charge is 0.508 e. The molecular weight excluding hydrogens is 426 g/mol. The molecule has 174 valence electrons. The van der Waals surface area contributed by atoms with Crippen LogP contribution in [0.15, 0.2) is 66.7 Å². The van der Waals surface area contributed by atoms with E-state index in [-0.39, 0.29) is 17.2 Å². The fraction of sp³-hybridized carbons (Fsp3) is 0.172. The van der Waals surface area contributed by atoms with Crippen molar-refractivity contribution < 1.29 is 20.1 Å². The van der Waals surface area contributed by atoms with Crippen LogP contribution in [0.25, 0.3) is 0 Å². The van der Waals surface area contributed by atoms with Crippen LogP contribution in [0.5, 0.6) is 28.7 Å². The summed E-state index contributed by atoms with van der Waals surface area (Å²) in [5, 5.41) is 30.6. The van der Waals surface area contributed by atoms with E-state index >= 15 is 0 Å². The van der Waals surface area contributed by atoms with Gasteiger partial charge in [-0.2, -0.15) is 0 Å². The molecule has 5 heteroatoms. The first kappa shape index (κ1) is 23.1. The third-order valence-corrected chi connectivity index (χ3v) is 5.88. The van der Waals surface area contributed by atoms with Gasteiger partial charge in [0.2, 0.25) is 0 Å². The van der Waals surface area contributed by atoms with Crippen LogP contribution >= 0.6 is 0 Å². The van der Waals surface area contributed by atoms with Gasteiger partial charge in [0.25, 0.3) is 0 Å². The second-order valence-corrected chi connectivity index (χ2v) is 8.76. The predicted molar refractivity (Wildman–Crippen MR) is 136 cm³/mol. The SMILES string of the molecule is Cc1cc(O)cc(Oc2ccccc2N(c2cc(C)c(O)cc2C)c2cc(C)c(O)cc2C)c1. The van der Waals surface area contributed by atoms with Crippen LogP contribution in [0.2, 0.25) is 0 Å². The van der Waals surface area contributed by atoms with E-state index in [0.717, 1.165) is 44.9 Å². The third kappa shape index (κ3) is 4.50. The summed E-state index contributed by atoms with van der Waals surface area (Å²) < 4.78 is 6.28. The molecule has 4 aromatic carbocycles. The van der Waals surface area contributed by atoms with Gasteiger partial charge in [-0.25, -0.2) is 0 Å². The lowest BCUT2D eigenvalue weighted by Gasteiger charge is -2.30. The normalized spacial score (nSPS) is 10.9. The number of phenols is 3. The lowest BCUT2D eigenvalue weighted by molar-refractivity contribution is 0.455. The lowest BCUT2D eigenvalue weighted by atomic mass is 10.0. The first-order chi connectivity index (χ1) is 16.1. The lowest BCUT2D eigenvalue weighted by Crippen LogP contribution is -2.14. The summed E-state index contributed by atoms with van der Waals surface area (Å²) in [4.78, 5) is 2.08. The van der Waals surface area contributed by atoms with Crippen molar-refractivity contribution in [1.29, 1.82) is 0 Å². The molecule has 4 rings (SSSR count). The molecule has 0 saturated heterocycles. The summed E-state index contributed by atoms with van der Waals surface area (Å²) in [5.74, 6) is 1.74. The summed E-state index contributed by atoms with van der Waals surface area (Å²) >= 11 is 0. The van der Waals surface area contributed by atoms with Crippen molar-refractivity contribution in [2.45, 2.75) is 34.6 Å². The van der Waals surface area contributed by atoms with Gasteiger partial charge < -0.3 is 25.0 Å². The van der Waals surface area contributed by atoms with Gasteiger partial charge >= 0.3 is 0 Å². The molecule has 0 radical (unpaired) electrons. The molecule has 5 nitrogen and oxygen atoms in total. The predicted octanol–water partition coefficient (Wildman–Crippen LogP) is 7.61. The van der Waals surface area contributed by atoms with E-state index in [0.29, 0.717) is 11.5 Å². The zero-order valence-electron chi connectivity index (χ0n) is 20.0. The average Bonchev–Trinajstić information content (AvgIpc) is 2.76. The molecule has 0 saturated carbocycles. The number of rotatable bonds is 5. The standard InChI is InChI=1S/C29H29NO4/c1-17-10-22(31)16-23(11-17)34-29-9-7-6-8-24(29)30(25-12-20(4)27(32)14-18(25)2)26-13-21(5)28(33)15-19(26)3/h6-16,31-33H,1-5H3. The summed E-state index contributed by atoms with van der Waals surface area (Å²) in [6, 6.07) is 20.2. The van der Waals surface area contributed by atoms with Crippen LogP contribution in [-0.4, -0.2) is 15.3 Å². The molecule has 0 bridgehead atoms. The molecule has 34 heavy (non-hydrogen) atoms. The Hall–Kier alpha value is -4.12. The van der Waals surface area contributed by atoms with Crippen LogP contribution < -0.4 is 9.64 Å². The molecule has 0 aromatic heterocycles. The summed E-state index contributed by atoms with van der Waals surface area (Å²) in [5.41, 5.74) is 6.71. The molecule has 0 spiro atoms. The van der Waals surface area contributed by atoms with E-state index in [9.17, 15) is 15.3 Å². The minimum absolute atomic E-state index is 0.138. The molecular formula is C29H29NO4. The smallest absolute Gasteiger partial charge is 0.151 e. The van der Waals surface area contributed by atoms with Crippen LogP contribution in [-0.2, 0) is 0 Å². The van der Waals surface area contributed by atoms with E-state index in [1.165, 1.54) is 0 Å².